The molecule has 0 saturated heterocycles. The molecule has 0 radical (unpaired) electrons. The van der Waals surface area contributed by atoms with E-state index in [-0.39, 0.29) is 18.5 Å². The Morgan fingerprint density at radius 3 is 2.79 bits per heavy atom. The van der Waals surface area contributed by atoms with Gasteiger partial charge in [-0.2, -0.15) is 0 Å². The summed E-state index contributed by atoms with van der Waals surface area (Å²) in [4.78, 5) is 41.2. The summed E-state index contributed by atoms with van der Waals surface area (Å²) in [5.41, 5.74) is 0.680. The molecule has 0 fully saturated rings. The molecule has 146 valence electrons. The predicted molar refractivity (Wildman–Crippen MR) is 107 cm³/mol. The Bertz CT molecular complexity index is 1050. The van der Waals surface area contributed by atoms with E-state index in [0.29, 0.717) is 21.8 Å². The number of nitrogens with zero attached hydrogens (tertiary/aromatic N) is 2. The maximum Gasteiger partial charge on any atom is 0.308 e. The summed E-state index contributed by atoms with van der Waals surface area (Å²) in [6.45, 7) is 1.94. The summed E-state index contributed by atoms with van der Waals surface area (Å²) in [5.74, 6) is -0.965. The van der Waals surface area contributed by atoms with Gasteiger partial charge in [-0.25, -0.2) is 4.98 Å². The Morgan fingerprint density at radius 2 is 2.04 bits per heavy atom. The first-order chi connectivity index (χ1) is 13.4. The van der Waals surface area contributed by atoms with Crippen LogP contribution in [-0.2, 0) is 27.4 Å². The number of rotatable bonds is 7. The maximum absolute atomic E-state index is 12.3. The normalized spacial score (nSPS) is 11.9. The molecule has 28 heavy (non-hydrogen) atoms. The highest BCUT2D eigenvalue weighted by atomic mass is 35.5. The van der Waals surface area contributed by atoms with Gasteiger partial charge < -0.3 is 10.1 Å². The fourth-order valence-electron chi connectivity index (χ4n) is 2.51. The molecule has 0 bridgehead atoms. The monoisotopic (exact) mass is 419 g/mol. The molecule has 0 saturated carbocycles. The first-order valence-electron chi connectivity index (χ1n) is 8.58. The van der Waals surface area contributed by atoms with Gasteiger partial charge in [0.05, 0.1) is 18.1 Å². The van der Waals surface area contributed by atoms with E-state index in [1.54, 1.807) is 35.7 Å². The highest BCUT2D eigenvalue weighted by molar-refractivity contribution is 7.16. The van der Waals surface area contributed by atoms with Crippen LogP contribution in [0.25, 0.3) is 10.2 Å². The van der Waals surface area contributed by atoms with Crippen LogP contribution in [0.15, 0.2) is 46.8 Å². The molecule has 0 spiro atoms. The maximum atomic E-state index is 12.3. The van der Waals surface area contributed by atoms with Crippen LogP contribution < -0.4 is 10.9 Å². The standard InChI is InChI=1S/C19H18ClN3O4S/c1-12(17(25)21-10-13-2-4-14(20)5-3-13)27-16(24)6-8-23-11-22-18-15(19(23)26)7-9-28-18/h2-5,7,9,11-12H,6,8,10H2,1H3,(H,21,25). The lowest BCUT2D eigenvalue weighted by Gasteiger charge is -2.14. The van der Waals surface area contributed by atoms with Crippen LogP contribution in [-0.4, -0.2) is 27.5 Å². The van der Waals surface area contributed by atoms with Crippen molar-refractivity contribution in [2.45, 2.75) is 32.5 Å². The Labute approximate surface area is 169 Å². The van der Waals surface area contributed by atoms with E-state index in [1.807, 2.05) is 0 Å². The van der Waals surface area contributed by atoms with Gasteiger partial charge in [0.15, 0.2) is 6.10 Å². The van der Waals surface area contributed by atoms with Gasteiger partial charge in [0.2, 0.25) is 0 Å². The van der Waals surface area contributed by atoms with Crippen molar-refractivity contribution in [1.82, 2.24) is 14.9 Å². The minimum Gasteiger partial charge on any atom is -0.452 e. The SMILES string of the molecule is CC(OC(=O)CCn1cnc2sccc2c1=O)C(=O)NCc1ccc(Cl)cc1. The van der Waals surface area contributed by atoms with Gasteiger partial charge in [-0.3, -0.25) is 19.0 Å². The number of hydrogen-bond acceptors (Lipinski definition) is 6. The molecule has 0 aliphatic rings. The number of carbonyl (C=O) groups is 2. The van der Waals surface area contributed by atoms with Crippen molar-refractivity contribution in [3.05, 3.63) is 63.0 Å². The van der Waals surface area contributed by atoms with Gasteiger partial charge in [-0.15, -0.1) is 11.3 Å². The second kappa shape index (κ2) is 8.99. The van der Waals surface area contributed by atoms with E-state index in [1.165, 1.54) is 29.2 Å². The smallest absolute Gasteiger partial charge is 0.308 e. The topological polar surface area (TPSA) is 90.3 Å². The Morgan fingerprint density at radius 1 is 1.29 bits per heavy atom. The molecule has 0 aliphatic carbocycles. The van der Waals surface area contributed by atoms with Crippen LogP contribution in [0.3, 0.4) is 0 Å². The highest BCUT2D eigenvalue weighted by Gasteiger charge is 2.17. The first-order valence-corrected chi connectivity index (χ1v) is 9.84. The van der Waals surface area contributed by atoms with Crippen molar-refractivity contribution in [2.24, 2.45) is 0 Å². The van der Waals surface area contributed by atoms with E-state index in [9.17, 15) is 14.4 Å². The number of thiophene rings is 1. The van der Waals surface area contributed by atoms with Gasteiger partial charge in [0.25, 0.3) is 11.5 Å². The van der Waals surface area contributed by atoms with Crippen molar-refractivity contribution in [3.8, 4) is 0 Å². The van der Waals surface area contributed by atoms with Gasteiger partial charge >= 0.3 is 5.97 Å². The zero-order chi connectivity index (χ0) is 20.1. The number of halogens is 1. The molecule has 1 N–H and O–H groups in total. The molecule has 7 nitrogen and oxygen atoms in total. The second-order valence-electron chi connectivity index (χ2n) is 6.11. The number of aromatic nitrogens is 2. The lowest BCUT2D eigenvalue weighted by Crippen LogP contribution is -2.35. The summed E-state index contributed by atoms with van der Waals surface area (Å²) >= 11 is 7.20. The van der Waals surface area contributed by atoms with E-state index in [2.05, 4.69) is 10.3 Å². The number of aryl methyl sites for hydroxylation is 1. The Hall–Kier alpha value is -2.71. The van der Waals surface area contributed by atoms with E-state index in [4.69, 9.17) is 16.3 Å². The minimum absolute atomic E-state index is 0.0357. The molecule has 2 aromatic heterocycles. The summed E-state index contributed by atoms with van der Waals surface area (Å²) in [5, 5.41) is 5.63. The van der Waals surface area contributed by atoms with E-state index in [0.717, 1.165) is 5.56 Å². The van der Waals surface area contributed by atoms with Crippen LogP contribution in [0.4, 0.5) is 0 Å². The van der Waals surface area contributed by atoms with Crippen molar-refractivity contribution >= 4 is 45.0 Å². The molecular formula is C19H18ClN3O4S. The number of amides is 1. The van der Waals surface area contributed by atoms with Crippen molar-refractivity contribution in [3.63, 3.8) is 0 Å². The largest absolute Gasteiger partial charge is 0.452 e. The Balaban J connectivity index is 1.47. The highest BCUT2D eigenvalue weighted by Crippen LogP contribution is 2.13. The van der Waals surface area contributed by atoms with Crippen LogP contribution in [0.2, 0.25) is 5.02 Å². The number of fused-ring (bicyclic) bond motifs is 1. The van der Waals surface area contributed by atoms with E-state index < -0.39 is 18.0 Å². The molecular weight excluding hydrogens is 402 g/mol. The molecule has 1 aromatic carbocycles. The van der Waals surface area contributed by atoms with Crippen LogP contribution in [0.5, 0.6) is 0 Å². The number of benzene rings is 1. The van der Waals surface area contributed by atoms with Gasteiger partial charge in [0.1, 0.15) is 4.83 Å². The fourth-order valence-corrected chi connectivity index (χ4v) is 3.36. The molecule has 3 rings (SSSR count). The van der Waals surface area contributed by atoms with Crippen molar-refractivity contribution in [2.75, 3.05) is 0 Å². The summed E-state index contributed by atoms with van der Waals surface area (Å²) in [6, 6.07) is 8.77. The van der Waals surface area contributed by atoms with Crippen molar-refractivity contribution < 1.29 is 14.3 Å². The third kappa shape index (κ3) is 4.96. The molecule has 3 aromatic rings. The van der Waals surface area contributed by atoms with Crippen LogP contribution in [0.1, 0.15) is 18.9 Å². The van der Waals surface area contributed by atoms with Gasteiger partial charge in [-0.1, -0.05) is 23.7 Å². The average molecular weight is 420 g/mol. The zero-order valence-corrected chi connectivity index (χ0v) is 16.6. The minimum atomic E-state index is -0.936. The third-order valence-electron chi connectivity index (χ3n) is 4.06. The van der Waals surface area contributed by atoms with Gasteiger partial charge in [-0.05, 0) is 36.1 Å². The fraction of sp³-hybridized carbons (Fsp3) is 0.263. The summed E-state index contributed by atoms with van der Waals surface area (Å²) < 4.78 is 6.51. The molecule has 9 heteroatoms. The lowest BCUT2D eigenvalue weighted by atomic mass is 10.2. The quantitative estimate of drug-likeness (QED) is 0.594. The zero-order valence-electron chi connectivity index (χ0n) is 15.1. The third-order valence-corrected chi connectivity index (χ3v) is 5.14. The predicted octanol–water partition coefficient (Wildman–Crippen LogP) is 2.75. The molecule has 2 heterocycles. The number of hydrogen-bond donors (Lipinski definition) is 1. The Kier molecular flexibility index (Phi) is 6.43. The second-order valence-corrected chi connectivity index (χ2v) is 7.44. The average Bonchev–Trinajstić information content (AvgIpc) is 3.16. The molecule has 1 amide bonds. The van der Waals surface area contributed by atoms with Gasteiger partial charge in [0, 0.05) is 18.1 Å². The molecule has 0 aliphatic heterocycles. The van der Waals surface area contributed by atoms with Crippen LogP contribution >= 0.6 is 22.9 Å². The first kappa shape index (κ1) is 20.0. The number of nitrogens with one attached hydrogen (secondary N) is 1. The number of esters is 1. The number of ether oxygens (including phenoxy) is 1. The molecule has 1 unspecified atom stereocenters. The molecule has 1 atom stereocenters. The lowest BCUT2D eigenvalue weighted by molar-refractivity contribution is -0.155. The number of carbonyl (C=O) groups excluding carboxylic acids is 2. The van der Waals surface area contributed by atoms with E-state index >= 15 is 0 Å². The summed E-state index contributed by atoms with van der Waals surface area (Å²) in [6.07, 6.45) is 0.442. The van der Waals surface area contributed by atoms with Crippen LogP contribution in [0, 0.1) is 0 Å². The van der Waals surface area contributed by atoms with Crippen molar-refractivity contribution in [1.29, 1.82) is 0 Å². The summed E-state index contributed by atoms with van der Waals surface area (Å²) in [7, 11) is 0.